The zero-order valence-electron chi connectivity index (χ0n) is 18.8. The van der Waals surface area contributed by atoms with E-state index in [0.717, 1.165) is 56.1 Å². The summed E-state index contributed by atoms with van der Waals surface area (Å²) in [6.07, 6.45) is 4.46. The van der Waals surface area contributed by atoms with E-state index in [-0.39, 0.29) is 6.04 Å². The Morgan fingerprint density at radius 2 is 1.38 bits per heavy atom. The number of piperazine rings is 1. The summed E-state index contributed by atoms with van der Waals surface area (Å²) in [4.78, 5) is 9.86. The van der Waals surface area contributed by atoms with Crippen LogP contribution in [0.15, 0.2) is 60.7 Å². The molecule has 0 amide bonds. The number of nitrogens with zero attached hydrogens (tertiary/aromatic N) is 4. The van der Waals surface area contributed by atoms with Crippen molar-refractivity contribution in [2.75, 3.05) is 31.1 Å². The van der Waals surface area contributed by atoms with Gasteiger partial charge < -0.3 is 4.90 Å². The lowest BCUT2D eigenvalue weighted by molar-refractivity contribution is 0.212. The van der Waals surface area contributed by atoms with Crippen LogP contribution in [0, 0.1) is 18.3 Å². The summed E-state index contributed by atoms with van der Waals surface area (Å²) in [5.41, 5.74) is 7.17. The number of aromatic nitrogens is 1. The molecule has 32 heavy (non-hydrogen) atoms. The van der Waals surface area contributed by atoms with Gasteiger partial charge in [-0.2, -0.15) is 5.26 Å². The number of rotatable bonds is 4. The maximum absolute atomic E-state index is 10.0. The van der Waals surface area contributed by atoms with Crippen LogP contribution >= 0.6 is 0 Å². The molecule has 1 fully saturated rings. The lowest BCUT2D eigenvalue weighted by atomic mass is 9.88. The van der Waals surface area contributed by atoms with Gasteiger partial charge in [-0.05, 0) is 54.9 Å². The number of nitriles is 1. The Morgan fingerprint density at radius 1 is 0.812 bits per heavy atom. The number of benzene rings is 2. The van der Waals surface area contributed by atoms with Crippen molar-refractivity contribution >= 4 is 5.82 Å². The van der Waals surface area contributed by atoms with Gasteiger partial charge in [0.2, 0.25) is 0 Å². The van der Waals surface area contributed by atoms with Gasteiger partial charge in [0.15, 0.2) is 0 Å². The highest BCUT2D eigenvalue weighted by molar-refractivity contribution is 5.61. The van der Waals surface area contributed by atoms with Crippen LogP contribution in [0.3, 0.4) is 0 Å². The average Bonchev–Trinajstić information content (AvgIpc) is 2.86. The standard InChI is InChI=1S/C28H30N4/c1-21-24-14-8-9-15-25(24)26(20-29)28(30-21)32-18-16-31(17-19-32)27(22-10-4-2-5-11-22)23-12-6-3-7-13-23/h2-7,10-13,27H,8-9,14-19H2,1H3. The van der Waals surface area contributed by atoms with E-state index in [1.54, 1.807) is 0 Å². The van der Waals surface area contributed by atoms with Crippen molar-refractivity contribution in [1.29, 1.82) is 5.26 Å². The molecule has 0 N–H and O–H groups in total. The van der Waals surface area contributed by atoms with E-state index < -0.39 is 0 Å². The highest BCUT2D eigenvalue weighted by Gasteiger charge is 2.29. The number of anilines is 1. The van der Waals surface area contributed by atoms with Gasteiger partial charge in [-0.25, -0.2) is 4.98 Å². The minimum absolute atomic E-state index is 0.244. The molecule has 1 saturated heterocycles. The van der Waals surface area contributed by atoms with Crippen molar-refractivity contribution in [1.82, 2.24) is 9.88 Å². The fraction of sp³-hybridized carbons (Fsp3) is 0.357. The van der Waals surface area contributed by atoms with Gasteiger partial charge in [0.1, 0.15) is 11.9 Å². The first-order valence-electron chi connectivity index (χ1n) is 11.8. The van der Waals surface area contributed by atoms with Crippen molar-refractivity contribution in [2.45, 2.75) is 38.6 Å². The fourth-order valence-electron chi connectivity index (χ4n) is 5.42. The summed E-state index contributed by atoms with van der Waals surface area (Å²) in [7, 11) is 0. The average molecular weight is 423 g/mol. The molecule has 5 rings (SSSR count). The van der Waals surface area contributed by atoms with Crippen molar-refractivity contribution in [3.63, 3.8) is 0 Å². The molecule has 2 aliphatic rings. The van der Waals surface area contributed by atoms with E-state index in [1.807, 2.05) is 0 Å². The van der Waals surface area contributed by atoms with Crippen molar-refractivity contribution in [2.24, 2.45) is 0 Å². The lowest BCUT2D eigenvalue weighted by Crippen LogP contribution is -2.48. The number of hydrogen-bond donors (Lipinski definition) is 0. The molecule has 1 aliphatic heterocycles. The van der Waals surface area contributed by atoms with Crippen LogP contribution in [-0.4, -0.2) is 36.1 Å². The van der Waals surface area contributed by atoms with E-state index in [4.69, 9.17) is 4.98 Å². The molecule has 0 atom stereocenters. The van der Waals surface area contributed by atoms with Crippen LogP contribution in [0.4, 0.5) is 5.82 Å². The topological polar surface area (TPSA) is 43.2 Å². The molecule has 0 radical (unpaired) electrons. The molecule has 4 nitrogen and oxygen atoms in total. The van der Waals surface area contributed by atoms with Crippen molar-refractivity contribution in [3.05, 3.63) is 94.2 Å². The molecule has 0 bridgehead atoms. The molecular weight excluding hydrogens is 392 g/mol. The van der Waals surface area contributed by atoms with Crippen LogP contribution in [-0.2, 0) is 12.8 Å². The summed E-state index contributed by atoms with van der Waals surface area (Å²) < 4.78 is 0. The maximum Gasteiger partial charge on any atom is 0.147 e. The van der Waals surface area contributed by atoms with E-state index in [9.17, 15) is 5.26 Å². The molecule has 0 unspecified atom stereocenters. The highest BCUT2D eigenvalue weighted by Crippen LogP contribution is 2.34. The third kappa shape index (κ3) is 3.89. The highest BCUT2D eigenvalue weighted by atomic mass is 15.3. The minimum Gasteiger partial charge on any atom is -0.353 e. The van der Waals surface area contributed by atoms with Crippen LogP contribution < -0.4 is 4.90 Å². The predicted molar refractivity (Wildman–Crippen MR) is 129 cm³/mol. The Balaban J connectivity index is 1.41. The minimum atomic E-state index is 0.244. The van der Waals surface area contributed by atoms with Gasteiger partial charge in [-0.1, -0.05) is 60.7 Å². The molecule has 2 aromatic carbocycles. The van der Waals surface area contributed by atoms with E-state index >= 15 is 0 Å². The van der Waals surface area contributed by atoms with Gasteiger partial charge in [-0.3, -0.25) is 4.90 Å². The lowest BCUT2D eigenvalue weighted by Gasteiger charge is -2.40. The quantitative estimate of drug-likeness (QED) is 0.590. The number of hydrogen-bond acceptors (Lipinski definition) is 4. The van der Waals surface area contributed by atoms with Crippen LogP contribution in [0.5, 0.6) is 0 Å². The first-order valence-corrected chi connectivity index (χ1v) is 11.8. The number of pyridine rings is 1. The van der Waals surface area contributed by atoms with Crippen molar-refractivity contribution in [3.8, 4) is 6.07 Å². The second-order valence-corrected chi connectivity index (χ2v) is 8.92. The van der Waals surface area contributed by atoms with Crippen LogP contribution in [0.2, 0.25) is 0 Å². The molecule has 0 saturated carbocycles. The zero-order valence-corrected chi connectivity index (χ0v) is 18.8. The first-order chi connectivity index (χ1) is 15.8. The molecule has 1 aliphatic carbocycles. The molecule has 0 spiro atoms. The van der Waals surface area contributed by atoms with Gasteiger partial charge >= 0.3 is 0 Å². The van der Waals surface area contributed by atoms with E-state index in [0.29, 0.717) is 0 Å². The summed E-state index contributed by atoms with van der Waals surface area (Å²) >= 11 is 0. The maximum atomic E-state index is 10.0. The Kier molecular flexibility index (Phi) is 5.92. The van der Waals surface area contributed by atoms with Gasteiger partial charge in [0, 0.05) is 31.9 Å². The molecule has 162 valence electrons. The van der Waals surface area contributed by atoms with Crippen molar-refractivity contribution < 1.29 is 0 Å². The van der Waals surface area contributed by atoms with Gasteiger partial charge in [-0.15, -0.1) is 0 Å². The Bertz CT molecular complexity index is 1070. The second kappa shape index (κ2) is 9.14. The Hall–Kier alpha value is -3.16. The summed E-state index contributed by atoms with van der Waals surface area (Å²) in [5, 5.41) is 10.0. The molecule has 4 heteroatoms. The SMILES string of the molecule is Cc1nc(N2CCN(C(c3ccccc3)c3ccccc3)CC2)c(C#N)c2c1CCCC2. The van der Waals surface area contributed by atoms with Gasteiger partial charge in [0.05, 0.1) is 11.6 Å². The molecule has 1 aromatic heterocycles. The summed E-state index contributed by atoms with van der Waals surface area (Å²) in [6.45, 7) is 5.77. The fourth-order valence-corrected chi connectivity index (χ4v) is 5.42. The third-order valence-electron chi connectivity index (χ3n) is 7.02. The zero-order chi connectivity index (χ0) is 21.9. The number of fused-ring (bicyclic) bond motifs is 1. The second-order valence-electron chi connectivity index (χ2n) is 8.92. The normalized spacial score (nSPS) is 16.6. The first kappa shape index (κ1) is 20.7. The Morgan fingerprint density at radius 3 is 1.94 bits per heavy atom. The third-order valence-corrected chi connectivity index (χ3v) is 7.02. The van der Waals surface area contributed by atoms with Crippen LogP contribution in [0.1, 0.15) is 52.4 Å². The van der Waals surface area contributed by atoms with E-state index in [2.05, 4.69) is 83.5 Å². The largest absolute Gasteiger partial charge is 0.353 e. The van der Waals surface area contributed by atoms with Gasteiger partial charge in [0.25, 0.3) is 0 Å². The van der Waals surface area contributed by atoms with E-state index in [1.165, 1.54) is 35.1 Å². The monoisotopic (exact) mass is 422 g/mol. The van der Waals surface area contributed by atoms with Crippen LogP contribution in [0.25, 0.3) is 0 Å². The summed E-state index contributed by atoms with van der Waals surface area (Å²) in [5.74, 6) is 0.904. The molecule has 2 heterocycles. The molecular formula is C28H30N4. The number of aryl methyl sites for hydroxylation is 1. The summed E-state index contributed by atoms with van der Waals surface area (Å²) in [6, 6.07) is 24.3. The Labute approximate surface area is 191 Å². The predicted octanol–water partition coefficient (Wildman–Crippen LogP) is 5.05. The smallest absolute Gasteiger partial charge is 0.147 e. The molecule has 3 aromatic rings.